The van der Waals surface area contributed by atoms with E-state index in [1.165, 1.54) is 16.2 Å². The van der Waals surface area contributed by atoms with Crippen LogP contribution in [-0.2, 0) is 9.53 Å². The fraction of sp³-hybridized carbons (Fsp3) is 0.375. The highest BCUT2D eigenvalue weighted by Gasteiger charge is 2.41. The Morgan fingerprint density at radius 2 is 1.88 bits per heavy atom. The average molecular weight is 487 g/mol. The summed E-state index contributed by atoms with van der Waals surface area (Å²) < 4.78 is 8.05. The lowest BCUT2D eigenvalue weighted by molar-refractivity contribution is -0.120. The second kappa shape index (κ2) is 9.19. The molecule has 4 rings (SSSR count). The number of amides is 2. The summed E-state index contributed by atoms with van der Waals surface area (Å²) in [4.78, 5) is 33.3. The van der Waals surface area contributed by atoms with E-state index in [0.717, 1.165) is 17.0 Å². The lowest BCUT2D eigenvalue weighted by Crippen LogP contribution is -2.48. The summed E-state index contributed by atoms with van der Waals surface area (Å²) in [6, 6.07) is 12.6. The molecule has 0 aliphatic carbocycles. The molecule has 1 aliphatic heterocycles. The maximum Gasteiger partial charge on any atom is 0.411 e. The number of likely N-dealkylation sites (tertiary alicyclic amines) is 1. The highest BCUT2D eigenvalue weighted by Crippen LogP contribution is 2.33. The topological polar surface area (TPSA) is 76.5 Å². The van der Waals surface area contributed by atoms with Gasteiger partial charge in [0.15, 0.2) is 0 Å². The first kappa shape index (κ1) is 23.3. The number of halogens is 1. The van der Waals surface area contributed by atoms with Gasteiger partial charge in [0, 0.05) is 17.9 Å². The van der Waals surface area contributed by atoms with Crippen LogP contribution in [0.5, 0.6) is 0 Å². The molecule has 0 saturated carbocycles. The number of carbonyl (C=O) groups excluding carboxylic acids is 2. The zero-order valence-corrected chi connectivity index (χ0v) is 20.6. The maximum atomic E-state index is 13.3. The molecule has 2 aromatic heterocycles. The molecule has 2 atom stereocenters. The van der Waals surface area contributed by atoms with E-state index in [1.54, 1.807) is 0 Å². The van der Waals surface area contributed by atoms with Crippen molar-refractivity contribution in [2.75, 3.05) is 5.32 Å². The number of carbonyl (C=O) groups is 2. The summed E-state index contributed by atoms with van der Waals surface area (Å²) in [5.41, 5.74) is 0.925. The summed E-state index contributed by atoms with van der Waals surface area (Å²) in [7, 11) is 0. The number of nitrogens with zero attached hydrogens (tertiary/aromatic N) is 3. The molecule has 3 aromatic rings. The number of imidazole rings is 1. The Hall–Kier alpha value is -2.84. The van der Waals surface area contributed by atoms with Gasteiger partial charge in [-0.05, 0) is 64.8 Å². The predicted octanol–water partition coefficient (Wildman–Crippen LogP) is 5.98. The van der Waals surface area contributed by atoms with E-state index in [1.807, 2.05) is 80.9 Å². The molecule has 3 heterocycles. The van der Waals surface area contributed by atoms with Crippen LogP contribution < -0.4 is 5.32 Å². The average Bonchev–Trinajstić information content (AvgIpc) is 3.45. The molecule has 0 bridgehead atoms. The maximum absolute atomic E-state index is 13.3. The number of anilines is 1. The van der Waals surface area contributed by atoms with Gasteiger partial charge in [0.05, 0.1) is 9.21 Å². The van der Waals surface area contributed by atoms with Gasteiger partial charge < -0.3 is 4.74 Å². The first-order valence-corrected chi connectivity index (χ1v) is 12.0. The Labute approximate surface area is 202 Å². The normalized spacial score (nSPS) is 18.4. The number of nitrogens with one attached hydrogen (secondary N) is 1. The van der Waals surface area contributed by atoms with E-state index in [-0.39, 0.29) is 11.9 Å². The minimum atomic E-state index is -0.638. The number of hydrogen-bond acceptors (Lipinski definition) is 5. The van der Waals surface area contributed by atoms with Crippen molar-refractivity contribution >= 4 is 40.9 Å². The lowest BCUT2D eigenvalue weighted by atomic mass is 10.2. The fourth-order valence-electron chi connectivity index (χ4n) is 3.88. The van der Waals surface area contributed by atoms with Gasteiger partial charge in [-0.15, -0.1) is 11.3 Å². The molecule has 174 valence electrons. The Bertz CT molecular complexity index is 1150. The van der Waals surface area contributed by atoms with Crippen molar-refractivity contribution < 1.29 is 14.3 Å². The number of para-hydroxylation sites is 1. The van der Waals surface area contributed by atoms with Crippen LogP contribution in [0.1, 0.15) is 40.5 Å². The summed E-state index contributed by atoms with van der Waals surface area (Å²) in [6.07, 6.45) is 2.68. The van der Waals surface area contributed by atoms with E-state index < -0.39 is 17.7 Å². The Balaban J connectivity index is 1.63. The van der Waals surface area contributed by atoms with E-state index >= 15 is 0 Å². The van der Waals surface area contributed by atoms with Gasteiger partial charge >= 0.3 is 6.09 Å². The molecule has 0 unspecified atom stereocenters. The van der Waals surface area contributed by atoms with E-state index in [2.05, 4.69) is 10.3 Å². The molecule has 2 amide bonds. The molecular weight excluding hydrogens is 460 g/mol. The molecule has 1 N–H and O–H groups in total. The minimum Gasteiger partial charge on any atom is -0.444 e. The van der Waals surface area contributed by atoms with Crippen molar-refractivity contribution in [1.82, 2.24) is 14.5 Å². The second-order valence-corrected chi connectivity index (χ2v) is 10.8. The van der Waals surface area contributed by atoms with Crippen molar-refractivity contribution in [2.45, 2.75) is 58.2 Å². The molecule has 1 aliphatic rings. The highest BCUT2D eigenvalue weighted by molar-refractivity contribution is 7.19. The van der Waals surface area contributed by atoms with E-state index in [0.29, 0.717) is 22.4 Å². The SMILES string of the molecule is C[C@H]1CC[C@H](C(=O)Nc2nc(-c3ccc(Cl)s3)cn2-c2ccccc2)N1C(=O)OC(C)(C)C. The van der Waals surface area contributed by atoms with Crippen molar-refractivity contribution in [1.29, 1.82) is 0 Å². The molecule has 0 radical (unpaired) electrons. The number of hydrogen-bond donors (Lipinski definition) is 1. The van der Waals surface area contributed by atoms with Crippen LogP contribution in [0.25, 0.3) is 16.3 Å². The number of ether oxygens (including phenoxy) is 1. The first-order chi connectivity index (χ1) is 15.6. The van der Waals surface area contributed by atoms with Gasteiger partial charge in [0.2, 0.25) is 11.9 Å². The van der Waals surface area contributed by atoms with Gasteiger partial charge in [-0.2, -0.15) is 0 Å². The summed E-state index contributed by atoms with van der Waals surface area (Å²) >= 11 is 7.53. The number of aromatic nitrogens is 2. The third-order valence-corrected chi connectivity index (χ3v) is 6.63. The summed E-state index contributed by atoms with van der Waals surface area (Å²) in [5, 5.41) is 2.95. The second-order valence-electron chi connectivity index (χ2n) is 9.08. The molecule has 7 nitrogen and oxygen atoms in total. The van der Waals surface area contributed by atoms with Crippen molar-refractivity contribution in [3.05, 3.63) is 53.0 Å². The van der Waals surface area contributed by atoms with Gasteiger partial charge in [-0.3, -0.25) is 19.6 Å². The van der Waals surface area contributed by atoms with E-state index in [4.69, 9.17) is 16.3 Å². The third kappa shape index (κ3) is 5.23. The van der Waals surface area contributed by atoms with Gasteiger partial charge in [-0.25, -0.2) is 9.78 Å². The zero-order chi connectivity index (χ0) is 23.8. The van der Waals surface area contributed by atoms with Gasteiger partial charge in [-0.1, -0.05) is 29.8 Å². The van der Waals surface area contributed by atoms with Gasteiger partial charge in [0.25, 0.3) is 0 Å². The summed E-state index contributed by atoms with van der Waals surface area (Å²) in [5.74, 6) is 0.0955. The Morgan fingerprint density at radius 1 is 1.15 bits per heavy atom. The predicted molar refractivity (Wildman–Crippen MR) is 131 cm³/mol. The number of rotatable bonds is 4. The van der Waals surface area contributed by atoms with Crippen molar-refractivity contribution in [3.63, 3.8) is 0 Å². The Kier molecular flexibility index (Phi) is 6.50. The number of benzene rings is 1. The van der Waals surface area contributed by atoms with E-state index in [9.17, 15) is 9.59 Å². The van der Waals surface area contributed by atoms with Crippen LogP contribution in [0.4, 0.5) is 10.7 Å². The van der Waals surface area contributed by atoms with Crippen molar-refractivity contribution in [2.24, 2.45) is 0 Å². The van der Waals surface area contributed by atoms with Crippen LogP contribution in [0.3, 0.4) is 0 Å². The zero-order valence-electron chi connectivity index (χ0n) is 19.0. The van der Waals surface area contributed by atoms with Crippen LogP contribution in [0.2, 0.25) is 4.34 Å². The molecule has 0 spiro atoms. The quantitative estimate of drug-likeness (QED) is 0.492. The monoisotopic (exact) mass is 486 g/mol. The van der Waals surface area contributed by atoms with Crippen LogP contribution >= 0.6 is 22.9 Å². The first-order valence-electron chi connectivity index (χ1n) is 10.8. The molecule has 9 heteroatoms. The van der Waals surface area contributed by atoms with Crippen LogP contribution in [0.15, 0.2) is 48.7 Å². The summed E-state index contributed by atoms with van der Waals surface area (Å²) in [6.45, 7) is 7.38. The number of thiophene rings is 1. The largest absolute Gasteiger partial charge is 0.444 e. The van der Waals surface area contributed by atoms with Gasteiger partial charge in [0.1, 0.15) is 17.3 Å². The van der Waals surface area contributed by atoms with Crippen molar-refractivity contribution in [3.8, 4) is 16.3 Å². The third-order valence-electron chi connectivity index (χ3n) is 5.38. The molecule has 1 aromatic carbocycles. The minimum absolute atomic E-state index is 0.0895. The lowest BCUT2D eigenvalue weighted by Gasteiger charge is -2.30. The van der Waals surface area contributed by atoms with Crippen LogP contribution in [0, 0.1) is 0 Å². The molecule has 1 fully saturated rings. The smallest absolute Gasteiger partial charge is 0.411 e. The van der Waals surface area contributed by atoms with Crippen LogP contribution in [-0.4, -0.2) is 44.1 Å². The molecule has 33 heavy (non-hydrogen) atoms. The molecule has 1 saturated heterocycles. The Morgan fingerprint density at radius 3 is 2.52 bits per heavy atom. The molecular formula is C24H27ClN4O3S. The standard InChI is InChI=1S/C24H27ClN4O3S/c1-15-10-11-18(29(15)23(31)32-24(2,3)4)21(30)27-22-26-17(19-12-13-20(25)33-19)14-28(22)16-8-6-5-7-9-16/h5-9,12-15,18H,10-11H2,1-4H3,(H,26,27,30)/t15-,18+/m0/s1. The highest BCUT2D eigenvalue weighted by atomic mass is 35.5. The fourth-order valence-corrected chi connectivity index (χ4v) is 4.88.